The third-order valence-corrected chi connectivity index (χ3v) is 5.54. The van der Waals surface area contributed by atoms with Gasteiger partial charge in [-0.05, 0) is 56.8 Å². The van der Waals surface area contributed by atoms with E-state index in [1.54, 1.807) is 0 Å². The number of carbonyl (C=O) groups excluding carboxylic acids is 1. The Morgan fingerprint density at radius 1 is 1.10 bits per heavy atom. The zero-order valence-corrected chi connectivity index (χ0v) is 14.6. The van der Waals surface area contributed by atoms with Crippen LogP contribution in [0.4, 0.5) is 0 Å². The highest BCUT2D eigenvalue weighted by Crippen LogP contribution is 2.39. The lowest BCUT2D eigenvalue weighted by Gasteiger charge is -2.38. The van der Waals surface area contributed by atoms with Crippen LogP contribution in [0, 0.1) is 22.7 Å². The van der Waals surface area contributed by atoms with Gasteiger partial charge in [-0.25, -0.2) is 0 Å². The molecule has 1 aliphatic rings. The van der Waals surface area contributed by atoms with Gasteiger partial charge in [0.05, 0.1) is 5.41 Å². The fraction of sp³-hybridized carbons (Fsp3) is 0.944. The van der Waals surface area contributed by atoms with Crippen LogP contribution in [0.15, 0.2) is 0 Å². The summed E-state index contributed by atoms with van der Waals surface area (Å²) >= 11 is 0. The maximum Gasteiger partial charge on any atom is 0.312 e. The average Bonchev–Trinajstić information content (AvgIpc) is 2.37. The van der Waals surface area contributed by atoms with Crippen molar-refractivity contribution in [3.63, 3.8) is 0 Å². The summed E-state index contributed by atoms with van der Waals surface area (Å²) < 4.78 is 5.80. The summed E-state index contributed by atoms with van der Waals surface area (Å²) in [5.74, 6) is 1.12. The van der Waals surface area contributed by atoms with Crippen molar-refractivity contribution in [1.29, 1.82) is 0 Å². The number of esters is 1. The van der Waals surface area contributed by atoms with E-state index < -0.39 is 0 Å². The molecule has 0 N–H and O–H groups in total. The Kier molecular flexibility index (Phi) is 5.69. The standard InChI is InChI=1S/C18H34O2/c1-8-13(2)18(6,7)16(19)20-15-11-9-14(10-12-15)17(3,4)5/h13-15H,8-12H2,1-7H3. The SMILES string of the molecule is CCC(C)C(C)(C)C(=O)OC1CCC(C(C)(C)C)CC1. The van der Waals surface area contributed by atoms with Crippen LogP contribution in [0.25, 0.3) is 0 Å². The second kappa shape index (κ2) is 6.49. The first-order chi connectivity index (χ1) is 9.09. The monoisotopic (exact) mass is 282 g/mol. The quantitative estimate of drug-likeness (QED) is 0.662. The minimum atomic E-state index is -0.365. The Bertz CT molecular complexity index is 317. The highest BCUT2D eigenvalue weighted by atomic mass is 16.5. The number of ether oxygens (including phenoxy) is 1. The van der Waals surface area contributed by atoms with Crippen LogP contribution < -0.4 is 0 Å². The van der Waals surface area contributed by atoms with Crippen LogP contribution in [0.2, 0.25) is 0 Å². The van der Waals surface area contributed by atoms with Gasteiger partial charge >= 0.3 is 5.97 Å². The zero-order chi connectivity index (χ0) is 15.6. The predicted octanol–water partition coefficient (Wildman–Crippen LogP) is 5.21. The lowest BCUT2D eigenvalue weighted by molar-refractivity contribution is -0.165. The van der Waals surface area contributed by atoms with Crippen LogP contribution in [0.5, 0.6) is 0 Å². The second-order valence-corrected chi connectivity index (χ2v) is 8.28. The molecule has 1 saturated carbocycles. The molecule has 0 bridgehead atoms. The van der Waals surface area contributed by atoms with E-state index in [0.717, 1.165) is 25.2 Å². The fourth-order valence-electron chi connectivity index (χ4n) is 3.06. The van der Waals surface area contributed by atoms with Crippen molar-refractivity contribution in [2.45, 2.75) is 86.7 Å². The number of carbonyl (C=O) groups is 1. The van der Waals surface area contributed by atoms with E-state index in [0.29, 0.717) is 11.3 Å². The van der Waals surface area contributed by atoms with Crippen LogP contribution in [0.3, 0.4) is 0 Å². The number of rotatable bonds is 4. The van der Waals surface area contributed by atoms with Gasteiger partial charge in [-0.15, -0.1) is 0 Å². The van der Waals surface area contributed by atoms with Gasteiger partial charge in [-0.1, -0.05) is 41.0 Å². The van der Waals surface area contributed by atoms with Crippen molar-refractivity contribution >= 4 is 5.97 Å². The lowest BCUT2D eigenvalue weighted by Crippen LogP contribution is -2.37. The summed E-state index contributed by atoms with van der Waals surface area (Å²) in [6.07, 6.45) is 5.59. The fourth-order valence-corrected chi connectivity index (χ4v) is 3.06. The average molecular weight is 282 g/mol. The maximum atomic E-state index is 12.4. The van der Waals surface area contributed by atoms with Gasteiger partial charge in [0, 0.05) is 0 Å². The molecule has 0 radical (unpaired) electrons. The van der Waals surface area contributed by atoms with Crippen LogP contribution >= 0.6 is 0 Å². The smallest absolute Gasteiger partial charge is 0.312 e. The molecule has 1 rings (SSSR count). The van der Waals surface area contributed by atoms with Gasteiger partial charge in [0.25, 0.3) is 0 Å². The first-order valence-electron chi connectivity index (χ1n) is 8.30. The topological polar surface area (TPSA) is 26.3 Å². The molecule has 0 aromatic rings. The Balaban J connectivity index is 2.50. The molecule has 1 fully saturated rings. The molecule has 2 nitrogen and oxygen atoms in total. The van der Waals surface area contributed by atoms with Crippen LogP contribution in [-0.4, -0.2) is 12.1 Å². The molecule has 20 heavy (non-hydrogen) atoms. The third-order valence-electron chi connectivity index (χ3n) is 5.54. The van der Waals surface area contributed by atoms with Gasteiger partial charge < -0.3 is 4.74 Å². The Morgan fingerprint density at radius 2 is 1.60 bits per heavy atom. The largest absolute Gasteiger partial charge is 0.462 e. The maximum absolute atomic E-state index is 12.4. The van der Waals surface area contributed by atoms with Crippen LogP contribution in [-0.2, 0) is 9.53 Å². The Hall–Kier alpha value is -0.530. The van der Waals surface area contributed by atoms with Crippen molar-refractivity contribution in [2.24, 2.45) is 22.7 Å². The zero-order valence-electron chi connectivity index (χ0n) is 14.6. The van der Waals surface area contributed by atoms with Crippen molar-refractivity contribution in [2.75, 3.05) is 0 Å². The molecule has 0 aromatic heterocycles. The summed E-state index contributed by atoms with van der Waals surface area (Å²) in [6.45, 7) is 15.3. The molecule has 0 spiro atoms. The van der Waals surface area contributed by atoms with E-state index in [1.807, 2.05) is 13.8 Å². The first kappa shape index (κ1) is 17.5. The van der Waals surface area contributed by atoms with E-state index >= 15 is 0 Å². The van der Waals surface area contributed by atoms with Gasteiger partial charge in [-0.3, -0.25) is 4.79 Å². The predicted molar refractivity (Wildman–Crippen MR) is 84.5 cm³/mol. The molecule has 0 saturated heterocycles. The van der Waals surface area contributed by atoms with Crippen molar-refractivity contribution in [3.05, 3.63) is 0 Å². The summed E-state index contributed by atoms with van der Waals surface area (Å²) in [6, 6.07) is 0. The lowest BCUT2D eigenvalue weighted by atomic mass is 9.72. The van der Waals surface area contributed by atoms with Crippen molar-refractivity contribution < 1.29 is 9.53 Å². The summed E-state index contributed by atoms with van der Waals surface area (Å²) in [5, 5.41) is 0. The first-order valence-corrected chi connectivity index (χ1v) is 8.30. The van der Waals surface area contributed by atoms with Crippen molar-refractivity contribution in [3.8, 4) is 0 Å². The molecule has 0 heterocycles. The molecule has 1 aliphatic carbocycles. The Morgan fingerprint density at radius 3 is 2.00 bits per heavy atom. The third kappa shape index (κ3) is 4.23. The minimum Gasteiger partial charge on any atom is -0.462 e. The van der Waals surface area contributed by atoms with Crippen molar-refractivity contribution in [1.82, 2.24) is 0 Å². The summed E-state index contributed by atoms with van der Waals surface area (Å²) in [7, 11) is 0. The van der Waals surface area contributed by atoms with Gasteiger partial charge in [0.15, 0.2) is 0 Å². The number of hydrogen-bond acceptors (Lipinski definition) is 2. The second-order valence-electron chi connectivity index (χ2n) is 8.28. The number of hydrogen-bond donors (Lipinski definition) is 0. The van der Waals surface area contributed by atoms with E-state index in [4.69, 9.17) is 4.74 Å². The minimum absolute atomic E-state index is 0.00828. The van der Waals surface area contributed by atoms with E-state index in [-0.39, 0.29) is 17.5 Å². The van der Waals surface area contributed by atoms with Crippen LogP contribution in [0.1, 0.15) is 80.6 Å². The van der Waals surface area contributed by atoms with E-state index in [2.05, 4.69) is 34.6 Å². The molecule has 1 unspecified atom stereocenters. The van der Waals surface area contributed by atoms with Gasteiger partial charge in [-0.2, -0.15) is 0 Å². The molecular formula is C18H34O2. The van der Waals surface area contributed by atoms with E-state index in [1.165, 1.54) is 12.8 Å². The molecule has 118 valence electrons. The molecule has 0 aromatic carbocycles. The summed E-state index contributed by atoms with van der Waals surface area (Å²) in [4.78, 5) is 12.4. The van der Waals surface area contributed by atoms with Gasteiger partial charge in [0.2, 0.25) is 0 Å². The molecule has 1 atom stereocenters. The van der Waals surface area contributed by atoms with Gasteiger partial charge in [0.1, 0.15) is 6.10 Å². The molecule has 2 heteroatoms. The normalized spacial score (nSPS) is 26.1. The highest BCUT2D eigenvalue weighted by Gasteiger charge is 2.37. The van der Waals surface area contributed by atoms with E-state index in [9.17, 15) is 4.79 Å². The Labute approximate surface area is 125 Å². The summed E-state index contributed by atoms with van der Waals surface area (Å²) in [5.41, 5.74) is 0.0145. The highest BCUT2D eigenvalue weighted by molar-refractivity contribution is 5.76. The molecule has 0 aliphatic heterocycles. The molecule has 0 amide bonds. The molecular weight excluding hydrogens is 248 g/mol.